The quantitative estimate of drug-likeness (QED) is 0.103. The van der Waals surface area contributed by atoms with Crippen molar-refractivity contribution < 1.29 is 13.2 Å². The highest BCUT2D eigenvalue weighted by molar-refractivity contribution is 7.99. The van der Waals surface area contributed by atoms with E-state index in [1.54, 1.807) is 6.19 Å². The fraction of sp³-hybridized carbons (Fsp3) is 0.611. The summed E-state index contributed by atoms with van der Waals surface area (Å²) in [5, 5.41) is 11.7. The Labute approximate surface area is 190 Å². The number of halogens is 3. The second-order valence-electron chi connectivity index (χ2n) is 6.45. The molecule has 0 unspecified atom stereocenters. The van der Waals surface area contributed by atoms with Crippen molar-refractivity contribution in [2.45, 2.75) is 31.6 Å². The molecular weight excluding hydrogens is 445 g/mol. The monoisotopic (exact) mass is 474 g/mol. The average molecular weight is 475 g/mol. The summed E-state index contributed by atoms with van der Waals surface area (Å²) in [5.74, 6) is 0.703. The van der Waals surface area contributed by atoms with Crippen LogP contribution in [-0.2, 0) is 0 Å². The molecule has 0 bridgehead atoms. The minimum Gasteiger partial charge on any atom is -0.370 e. The standard InChI is InChI=1S/C18H29F3N10S/c1-3-30(4-2)9-10-31(16(24)27-13-22)8-5-11-32-17-25-7-6-14(29-17)28-15(23)26-12-18(19,20)21/h6-7H,3-5,8-12H2,1-2H3,(H2,24,27)(H3,23,25,26,28,29). The number of likely N-dealkylation sites (N-methyl/N-ethyl adjacent to an activating group) is 1. The fourth-order valence-corrected chi connectivity index (χ4v) is 3.26. The SMILES string of the molecule is CCN(CC)CCN(CCCSc1nccc(NC(N)=NCC(F)(F)F)n1)C(N)=NC#N. The van der Waals surface area contributed by atoms with Crippen LogP contribution < -0.4 is 16.8 Å². The summed E-state index contributed by atoms with van der Waals surface area (Å²) < 4.78 is 36.6. The summed E-state index contributed by atoms with van der Waals surface area (Å²) in [6, 6.07) is 1.48. The number of hydrogen-bond acceptors (Lipinski definition) is 7. The first-order valence-corrected chi connectivity index (χ1v) is 11.0. The van der Waals surface area contributed by atoms with Crippen molar-refractivity contribution in [2.75, 3.05) is 50.3 Å². The number of aromatic nitrogens is 2. The van der Waals surface area contributed by atoms with Crippen LogP contribution in [0.4, 0.5) is 19.0 Å². The Morgan fingerprint density at radius 1 is 1.25 bits per heavy atom. The van der Waals surface area contributed by atoms with Crippen LogP contribution >= 0.6 is 11.8 Å². The molecule has 14 heteroatoms. The second kappa shape index (κ2) is 14.3. The van der Waals surface area contributed by atoms with Gasteiger partial charge in [-0.05, 0) is 25.6 Å². The number of anilines is 1. The Kier molecular flexibility index (Phi) is 12.2. The van der Waals surface area contributed by atoms with Gasteiger partial charge in [-0.25, -0.2) is 15.0 Å². The highest BCUT2D eigenvalue weighted by Crippen LogP contribution is 2.16. The molecule has 5 N–H and O–H groups in total. The van der Waals surface area contributed by atoms with Crippen LogP contribution in [0, 0.1) is 11.5 Å². The molecular formula is C18H29F3N10S. The summed E-state index contributed by atoms with van der Waals surface area (Å²) >= 11 is 1.37. The van der Waals surface area contributed by atoms with E-state index in [0.717, 1.165) is 26.1 Å². The van der Waals surface area contributed by atoms with Crippen molar-refractivity contribution >= 4 is 29.5 Å². The maximum Gasteiger partial charge on any atom is 0.408 e. The lowest BCUT2D eigenvalue weighted by molar-refractivity contribution is -0.118. The van der Waals surface area contributed by atoms with Crippen LogP contribution in [0.5, 0.6) is 0 Å². The number of hydrogen-bond donors (Lipinski definition) is 3. The summed E-state index contributed by atoms with van der Waals surface area (Å²) in [7, 11) is 0. The fourth-order valence-electron chi connectivity index (χ4n) is 2.51. The molecule has 0 radical (unpaired) electrons. The molecule has 1 aromatic rings. The maximum absolute atomic E-state index is 12.2. The van der Waals surface area contributed by atoms with E-state index in [4.69, 9.17) is 16.7 Å². The maximum atomic E-state index is 12.2. The lowest BCUT2D eigenvalue weighted by atomic mass is 10.4. The van der Waals surface area contributed by atoms with Gasteiger partial charge in [0.25, 0.3) is 0 Å². The first-order valence-electron chi connectivity index (χ1n) is 9.97. The Hall–Kier alpha value is -2.79. The van der Waals surface area contributed by atoms with Crippen LogP contribution in [-0.4, -0.2) is 82.9 Å². The number of guanidine groups is 2. The number of alkyl halides is 3. The van der Waals surface area contributed by atoms with Gasteiger partial charge < -0.3 is 26.6 Å². The molecule has 1 rings (SSSR count). The Morgan fingerprint density at radius 2 is 1.97 bits per heavy atom. The predicted octanol–water partition coefficient (Wildman–Crippen LogP) is 1.69. The number of nitrogens with zero attached hydrogens (tertiary/aromatic N) is 7. The normalized spacial score (nSPS) is 12.7. The van der Waals surface area contributed by atoms with Crippen LogP contribution in [0.2, 0.25) is 0 Å². The molecule has 0 fully saturated rings. The van der Waals surface area contributed by atoms with Gasteiger partial charge in [0.15, 0.2) is 11.1 Å². The average Bonchev–Trinajstić information content (AvgIpc) is 2.74. The van der Waals surface area contributed by atoms with Gasteiger partial charge in [-0.15, -0.1) is 4.99 Å². The number of aliphatic imine (C=N–C) groups is 2. The third-order valence-electron chi connectivity index (χ3n) is 4.19. The van der Waals surface area contributed by atoms with Crippen molar-refractivity contribution in [3.05, 3.63) is 12.3 Å². The highest BCUT2D eigenvalue weighted by Gasteiger charge is 2.26. The molecule has 32 heavy (non-hydrogen) atoms. The molecule has 0 spiro atoms. The van der Waals surface area contributed by atoms with Crippen molar-refractivity contribution in [1.29, 1.82) is 5.26 Å². The van der Waals surface area contributed by atoms with Gasteiger partial charge in [0.2, 0.25) is 12.2 Å². The van der Waals surface area contributed by atoms with Crippen LogP contribution in [0.3, 0.4) is 0 Å². The molecule has 1 aromatic heterocycles. The van der Waals surface area contributed by atoms with E-state index in [9.17, 15) is 13.2 Å². The molecule has 10 nitrogen and oxygen atoms in total. The van der Waals surface area contributed by atoms with Gasteiger partial charge in [0, 0.05) is 31.6 Å². The third kappa shape index (κ3) is 11.6. The molecule has 1 heterocycles. The zero-order valence-electron chi connectivity index (χ0n) is 18.1. The largest absolute Gasteiger partial charge is 0.408 e. The van der Waals surface area contributed by atoms with Gasteiger partial charge in [-0.1, -0.05) is 25.6 Å². The predicted molar refractivity (Wildman–Crippen MR) is 120 cm³/mol. The molecule has 0 saturated carbocycles. The molecule has 0 aliphatic carbocycles. The number of nitriles is 1. The molecule has 178 valence electrons. The first-order chi connectivity index (χ1) is 15.2. The third-order valence-corrected chi connectivity index (χ3v) is 5.14. The molecule has 0 amide bonds. The van der Waals surface area contributed by atoms with Gasteiger partial charge in [-0.2, -0.15) is 18.4 Å². The number of nitrogens with one attached hydrogen (secondary N) is 1. The van der Waals surface area contributed by atoms with E-state index in [1.807, 2.05) is 4.90 Å². The topological polar surface area (TPSA) is 145 Å². The summed E-state index contributed by atoms with van der Waals surface area (Å²) in [4.78, 5) is 19.3. The number of thioether (sulfide) groups is 1. The lowest BCUT2D eigenvalue weighted by Crippen LogP contribution is -2.43. The van der Waals surface area contributed by atoms with Gasteiger partial charge in [0.05, 0.1) is 0 Å². The highest BCUT2D eigenvalue weighted by atomic mass is 32.2. The van der Waals surface area contributed by atoms with E-state index < -0.39 is 12.7 Å². The van der Waals surface area contributed by atoms with E-state index in [0.29, 0.717) is 24.0 Å². The summed E-state index contributed by atoms with van der Waals surface area (Å²) in [5.41, 5.74) is 11.4. The first kappa shape index (κ1) is 27.2. The Morgan fingerprint density at radius 3 is 2.59 bits per heavy atom. The molecule has 0 atom stereocenters. The molecule has 0 aliphatic rings. The minimum absolute atomic E-state index is 0.181. The van der Waals surface area contributed by atoms with E-state index in [1.165, 1.54) is 24.0 Å². The summed E-state index contributed by atoms with van der Waals surface area (Å²) in [6.45, 7) is 6.67. The van der Waals surface area contributed by atoms with E-state index in [-0.39, 0.29) is 17.7 Å². The molecule has 0 saturated heterocycles. The van der Waals surface area contributed by atoms with Gasteiger partial charge in [0.1, 0.15) is 12.4 Å². The molecule has 0 aromatic carbocycles. The lowest BCUT2D eigenvalue weighted by Gasteiger charge is -2.26. The summed E-state index contributed by atoms with van der Waals surface area (Å²) in [6.07, 6.45) is -0.521. The Bertz CT molecular complexity index is 790. The van der Waals surface area contributed by atoms with Crippen molar-refractivity contribution in [1.82, 2.24) is 19.8 Å². The van der Waals surface area contributed by atoms with Crippen LogP contribution in [0.15, 0.2) is 27.4 Å². The van der Waals surface area contributed by atoms with Gasteiger partial charge in [-0.3, -0.25) is 0 Å². The molecule has 0 aliphatic heterocycles. The number of nitrogens with two attached hydrogens (primary N) is 2. The van der Waals surface area contributed by atoms with Crippen molar-refractivity contribution in [3.63, 3.8) is 0 Å². The van der Waals surface area contributed by atoms with E-state index in [2.05, 4.69) is 44.0 Å². The Balaban J connectivity index is 2.57. The van der Waals surface area contributed by atoms with Crippen molar-refractivity contribution in [2.24, 2.45) is 21.5 Å². The van der Waals surface area contributed by atoms with Gasteiger partial charge >= 0.3 is 6.18 Å². The number of rotatable bonds is 12. The van der Waals surface area contributed by atoms with E-state index >= 15 is 0 Å². The minimum atomic E-state index is -4.43. The van der Waals surface area contributed by atoms with Crippen LogP contribution in [0.25, 0.3) is 0 Å². The zero-order chi connectivity index (χ0) is 24.0. The smallest absolute Gasteiger partial charge is 0.370 e. The van der Waals surface area contributed by atoms with Crippen molar-refractivity contribution in [3.8, 4) is 6.19 Å². The van der Waals surface area contributed by atoms with Crippen LogP contribution in [0.1, 0.15) is 20.3 Å². The zero-order valence-corrected chi connectivity index (χ0v) is 19.0. The second-order valence-corrected chi connectivity index (χ2v) is 7.51.